The molecule has 0 fully saturated rings. The SMILES string of the molecule is COc1cccc(NC(=O)c2ccc(NCc3ccccc3F)cn2)c1. The lowest BCUT2D eigenvalue weighted by molar-refractivity contribution is 0.102. The summed E-state index contributed by atoms with van der Waals surface area (Å²) in [6.07, 6.45) is 1.54. The topological polar surface area (TPSA) is 63.2 Å². The van der Waals surface area contributed by atoms with E-state index in [2.05, 4.69) is 15.6 Å². The molecule has 0 spiro atoms. The van der Waals surface area contributed by atoms with Gasteiger partial charge in [0, 0.05) is 23.9 Å². The van der Waals surface area contributed by atoms with Crippen LogP contribution in [0.25, 0.3) is 0 Å². The Bertz CT molecular complexity index is 898. The zero-order valence-corrected chi connectivity index (χ0v) is 14.2. The predicted octanol–water partition coefficient (Wildman–Crippen LogP) is 4.09. The molecule has 1 aromatic heterocycles. The van der Waals surface area contributed by atoms with Crippen molar-refractivity contribution in [1.82, 2.24) is 4.98 Å². The van der Waals surface area contributed by atoms with Gasteiger partial charge in [0.1, 0.15) is 17.3 Å². The first-order chi connectivity index (χ1) is 12.7. The highest BCUT2D eigenvalue weighted by molar-refractivity contribution is 6.03. The fraction of sp³-hybridized carbons (Fsp3) is 0.100. The largest absolute Gasteiger partial charge is 0.497 e. The molecule has 6 heteroatoms. The van der Waals surface area contributed by atoms with Gasteiger partial charge in [-0.1, -0.05) is 24.3 Å². The van der Waals surface area contributed by atoms with Gasteiger partial charge in [-0.15, -0.1) is 0 Å². The molecule has 3 aromatic rings. The molecule has 132 valence electrons. The average molecular weight is 351 g/mol. The molecule has 0 radical (unpaired) electrons. The fourth-order valence-corrected chi connectivity index (χ4v) is 2.37. The van der Waals surface area contributed by atoms with Crippen molar-refractivity contribution in [1.29, 1.82) is 0 Å². The maximum atomic E-state index is 13.6. The maximum absolute atomic E-state index is 13.6. The third-order valence-corrected chi connectivity index (χ3v) is 3.76. The highest BCUT2D eigenvalue weighted by Gasteiger charge is 2.08. The monoisotopic (exact) mass is 351 g/mol. The van der Waals surface area contributed by atoms with E-state index >= 15 is 0 Å². The number of nitrogens with one attached hydrogen (secondary N) is 2. The van der Waals surface area contributed by atoms with Crippen LogP contribution in [-0.4, -0.2) is 18.0 Å². The molecule has 2 N–H and O–H groups in total. The number of nitrogens with zero attached hydrogens (tertiary/aromatic N) is 1. The lowest BCUT2D eigenvalue weighted by Gasteiger charge is -2.09. The molecule has 0 atom stereocenters. The Morgan fingerprint density at radius 3 is 2.65 bits per heavy atom. The van der Waals surface area contributed by atoms with E-state index in [-0.39, 0.29) is 17.4 Å². The summed E-state index contributed by atoms with van der Waals surface area (Å²) in [5, 5.41) is 5.85. The van der Waals surface area contributed by atoms with E-state index in [4.69, 9.17) is 4.74 Å². The van der Waals surface area contributed by atoms with Crippen molar-refractivity contribution in [2.75, 3.05) is 17.7 Å². The van der Waals surface area contributed by atoms with E-state index in [0.717, 1.165) is 0 Å². The van der Waals surface area contributed by atoms with Crippen LogP contribution in [0.5, 0.6) is 5.75 Å². The van der Waals surface area contributed by atoms with E-state index in [1.165, 1.54) is 6.07 Å². The first-order valence-electron chi connectivity index (χ1n) is 8.04. The lowest BCUT2D eigenvalue weighted by Crippen LogP contribution is -2.13. The van der Waals surface area contributed by atoms with E-state index < -0.39 is 0 Å². The molecular weight excluding hydrogens is 333 g/mol. The van der Waals surface area contributed by atoms with Crippen molar-refractivity contribution in [2.45, 2.75) is 6.54 Å². The van der Waals surface area contributed by atoms with Gasteiger partial charge in [0.2, 0.25) is 0 Å². The molecule has 26 heavy (non-hydrogen) atoms. The Kier molecular flexibility index (Phi) is 5.43. The van der Waals surface area contributed by atoms with Gasteiger partial charge in [0.15, 0.2) is 0 Å². The van der Waals surface area contributed by atoms with Crippen LogP contribution in [0.15, 0.2) is 66.9 Å². The van der Waals surface area contributed by atoms with Gasteiger partial charge in [-0.2, -0.15) is 0 Å². The standard InChI is InChI=1S/C20H18FN3O2/c1-26-17-7-4-6-15(11-17)24-20(25)19-10-9-16(13-23-19)22-12-14-5-2-3-8-18(14)21/h2-11,13,22H,12H2,1H3,(H,24,25). The van der Waals surface area contributed by atoms with Crippen molar-refractivity contribution in [3.8, 4) is 5.75 Å². The molecule has 5 nitrogen and oxygen atoms in total. The van der Waals surface area contributed by atoms with Gasteiger partial charge >= 0.3 is 0 Å². The van der Waals surface area contributed by atoms with Gasteiger partial charge in [-0.25, -0.2) is 9.37 Å². The van der Waals surface area contributed by atoms with Crippen LogP contribution in [0.4, 0.5) is 15.8 Å². The molecule has 0 aliphatic heterocycles. The number of amides is 1. The summed E-state index contributed by atoms with van der Waals surface area (Å²) in [5.74, 6) is 0.0737. The highest BCUT2D eigenvalue weighted by atomic mass is 19.1. The van der Waals surface area contributed by atoms with Gasteiger partial charge in [0.25, 0.3) is 5.91 Å². The Balaban J connectivity index is 1.61. The zero-order chi connectivity index (χ0) is 18.4. The summed E-state index contributed by atoms with van der Waals surface area (Å²) in [5.41, 5.74) is 2.17. The number of hydrogen-bond donors (Lipinski definition) is 2. The molecule has 2 aromatic carbocycles. The molecule has 3 rings (SSSR count). The number of rotatable bonds is 6. The minimum absolute atomic E-state index is 0.262. The first kappa shape index (κ1) is 17.4. The van der Waals surface area contributed by atoms with Gasteiger partial charge in [-0.3, -0.25) is 4.79 Å². The number of benzene rings is 2. The Labute approximate surface area is 150 Å². The van der Waals surface area contributed by atoms with Crippen molar-refractivity contribution in [2.24, 2.45) is 0 Å². The summed E-state index contributed by atoms with van der Waals surface area (Å²) < 4.78 is 18.7. The van der Waals surface area contributed by atoms with Crippen molar-refractivity contribution in [3.63, 3.8) is 0 Å². The second kappa shape index (κ2) is 8.11. The zero-order valence-electron chi connectivity index (χ0n) is 14.2. The van der Waals surface area contributed by atoms with Crippen molar-refractivity contribution < 1.29 is 13.9 Å². The number of carbonyl (C=O) groups is 1. The van der Waals surface area contributed by atoms with Crippen molar-refractivity contribution in [3.05, 3.63) is 83.9 Å². The molecule has 0 saturated heterocycles. The highest BCUT2D eigenvalue weighted by Crippen LogP contribution is 2.17. The van der Waals surface area contributed by atoms with Crippen LogP contribution >= 0.6 is 0 Å². The molecule has 0 bridgehead atoms. The van der Waals surface area contributed by atoms with Gasteiger partial charge in [0.05, 0.1) is 19.0 Å². The quantitative estimate of drug-likeness (QED) is 0.702. The van der Waals surface area contributed by atoms with Crippen LogP contribution in [0, 0.1) is 5.82 Å². The molecule has 0 aliphatic rings. The molecule has 1 heterocycles. The Morgan fingerprint density at radius 1 is 1.08 bits per heavy atom. The number of hydrogen-bond acceptors (Lipinski definition) is 4. The molecular formula is C20H18FN3O2. The number of methoxy groups -OCH3 is 1. The minimum atomic E-state index is -0.320. The number of halogens is 1. The van der Waals surface area contributed by atoms with E-state index in [0.29, 0.717) is 29.2 Å². The second-order valence-electron chi connectivity index (χ2n) is 5.56. The van der Waals surface area contributed by atoms with Crippen LogP contribution in [-0.2, 0) is 6.54 Å². The fourth-order valence-electron chi connectivity index (χ4n) is 2.37. The summed E-state index contributed by atoms with van der Waals surface area (Å²) in [7, 11) is 1.57. The molecule has 0 aliphatic carbocycles. The predicted molar refractivity (Wildman–Crippen MR) is 98.9 cm³/mol. The van der Waals surface area contributed by atoms with E-state index in [1.54, 1.807) is 67.9 Å². The van der Waals surface area contributed by atoms with Gasteiger partial charge < -0.3 is 15.4 Å². The van der Waals surface area contributed by atoms with Crippen LogP contribution in [0.1, 0.15) is 16.1 Å². The summed E-state index contributed by atoms with van der Waals surface area (Å²) in [6.45, 7) is 0.337. The molecule has 0 saturated carbocycles. The van der Waals surface area contributed by atoms with E-state index in [1.807, 2.05) is 0 Å². The normalized spacial score (nSPS) is 10.2. The Morgan fingerprint density at radius 2 is 1.92 bits per heavy atom. The van der Waals surface area contributed by atoms with Crippen molar-refractivity contribution >= 4 is 17.3 Å². The minimum Gasteiger partial charge on any atom is -0.497 e. The third-order valence-electron chi connectivity index (χ3n) is 3.76. The van der Waals surface area contributed by atoms with Crippen LogP contribution in [0.2, 0.25) is 0 Å². The molecule has 0 unspecified atom stereocenters. The number of pyridine rings is 1. The number of ether oxygens (including phenoxy) is 1. The first-order valence-corrected chi connectivity index (χ1v) is 8.04. The Hall–Kier alpha value is -3.41. The molecule has 1 amide bonds. The van der Waals surface area contributed by atoms with E-state index in [9.17, 15) is 9.18 Å². The number of carbonyl (C=O) groups excluding carboxylic acids is 1. The summed E-state index contributed by atoms with van der Waals surface area (Å²) in [6, 6.07) is 17.0. The lowest BCUT2D eigenvalue weighted by atomic mass is 10.2. The summed E-state index contributed by atoms with van der Waals surface area (Å²) in [4.78, 5) is 16.4. The number of aromatic nitrogens is 1. The van der Waals surface area contributed by atoms with Crippen LogP contribution < -0.4 is 15.4 Å². The smallest absolute Gasteiger partial charge is 0.274 e. The van der Waals surface area contributed by atoms with Gasteiger partial charge in [-0.05, 0) is 30.3 Å². The number of anilines is 2. The maximum Gasteiger partial charge on any atom is 0.274 e. The third kappa shape index (κ3) is 4.36. The average Bonchev–Trinajstić information content (AvgIpc) is 2.68. The van der Waals surface area contributed by atoms with Crippen LogP contribution in [0.3, 0.4) is 0 Å². The summed E-state index contributed by atoms with van der Waals surface area (Å²) >= 11 is 0. The second-order valence-corrected chi connectivity index (χ2v) is 5.56.